The Morgan fingerprint density at radius 1 is 1.19 bits per heavy atom. The Morgan fingerprint density at radius 2 is 1.88 bits per heavy atom. The average Bonchev–Trinajstić information content (AvgIpc) is 2.58. The molecule has 3 rings (SSSR count). The molecule has 0 radical (unpaired) electrons. The standard InChI is InChI=1S/C21H21NO4/c1-12-9-17(23)20-13(2)16(21(25)26-18(20)10-12)11-19(24)22-14(3)15-7-5-4-6-8-15/h4-10,14,23H,11H2,1-3H3,(H,22,24). The zero-order chi connectivity index (χ0) is 18.8. The maximum absolute atomic E-state index is 12.4. The molecule has 26 heavy (non-hydrogen) atoms. The van der Waals surface area contributed by atoms with Gasteiger partial charge in [-0.05, 0) is 49.6 Å². The Bertz CT molecular complexity index is 1020. The number of rotatable bonds is 4. The van der Waals surface area contributed by atoms with Gasteiger partial charge in [0.2, 0.25) is 5.91 Å². The van der Waals surface area contributed by atoms with Gasteiger partial charge in [0.25, 0.3) is 0 Å². The maximum Gasteiger partial charge on any atom is 0.340 e. The van der Waals surface area contributed by atoms with Crippen molar-refractivity contribution in [1.82, 2.24) is 5.32 Å². The SMILES string of the molecule is Cc1cc(O)c2c(C)c(CC(=O)NC(C)c3ccccc3)c(=O)oc2c1. The highest BCUT2D eigenvalue weighted by atomic mass is 16.4. The van der Waals surface area contributed by atoms with E-state index in [1.165, 1.54) is 0 Å². The first-order valence-electron chi connectivity index (χ1n) is 8.47. The zero-order valence-corrected chi connectivity index (χ0v) is 15.0. The van der Waals surface area contributed by atoms with Crippen LogP contribution in [0.3, 0.4) is 0 Å². The minimum absolute atomic E-state index is 0.0422. The van der Waals surface area contributed by atoms with E-state index in [-0.39, 0.29) is 29.7 Å². The summed E-state index contributed by atoms with van der Waals surface area (Å²) in [5.74, 6) is -0.233. The van der Waals surface area contributed by atoms with Gasteiger partial charge in [0.15, 0.2) is 0 Å². The van der Waals surface area contributed by atoms with E-state index in [2.05, 4.69) is 5.32 Å². The number of amides is 1. The molecule has 0 bridgehead atoms. The molecule has 0 fully saturated rings. The Morgan fingerprint density at radius 3 is 2.58 bits per heavy atom. The number of carbonyl (C=O) groups excluding carboxylic acids is 1. The molecule has 0 aliphatic rings. The topological polar surface area (TPSA) is 79.5 Å². The molecule has 0 aliphatic heterocycles. The minimum atomic E-state index is -0.553. The Balaban J connectivity index is 1.89. The molecule has 0 saturated carbocycles. The van der Waals surface area contributed by atoms with Crippen molar-refractivity contribution in [3.63, 3.8) is 0 Å². The van der Waals surface area contributed by atoms with Gasteiger partial charge in [0.1, 0.15) is 11.3 Å². The van der Waals surface area contributed by atoms with E-state index < -0.39 is 5.63 Å². The van der Waals surface area contributed by atoms with Crippen molar-refractivity contribution in [3.05, 3.63) is 75.1 Å². The van der Waals surface area contributed by atoms with Gasteiger partial charge in [-0.3, -0.25) is 4.79 Å². The van der Waals surface area contributed by atoms with Crippen LogP contribution < -0.4 is 10.9 Å². The molecular formula is C21H21NO4. The lowest BCUT2D eigenvalue weighted by atomic mass is 10.0. The molecule has 0 aliphatic carbocycles. The third-order valence-corrected chi connectivity index (χ3v) is 4.52. The van der Waals surface area contributed by atoms with Crippen LogP contribution in [-0.2, 0) is 11.2 Å². The van der Waals surface area contributed by atoms with Gasteiger partial charge >= 0.3 is 5.63 Å². The van der Waals surface area contributed by atoms with E-state index in [9.17, 15) is 14.7 Å². The molecule has 134 valence electrons. The number of hydrogen-bond donors (Lipinski definition) is 2. The fourth-order valence-corrected chi connectivity index (χ4v) is 3.14. The molecule has 3 aromatic rings. The van der Waals surface area contributed by atoms with Crippen LogP contribution >= 0.6 is 0 Å². The van der Waals surface area contributed by atoms with E-state index in [1.54, 1.807) is 26.0 Å². The smallest absolute Gasteiger partial charge is 0.340 e. The summed E-state index contributed by atoms with van der Waals surface area (Å²) >= 11 is 0. The molecular weight excluding hydrogens is 330 g/mol. The Labute approximate surface area is 151 Å². The summed E-state index contributed by atoms with van der Waals surface area (Å²) in [6.07, 6.45) is -0.103. The summed E-state index contributed by atoms with van der Waals surface area (Å²) in [4.78, 5) is 24.8. The highest BCUT2D eigenvalue weighted by molar-refractivity contribution is 5.89. The lowest BCUT2D eigenvalue weighted by Gasteiger charge is -2.15. The first-order valence-corrected chi connectivity index (χ1v) is 8.47. The number of benzene rings is 2. The number of phenols is 1. The van der Waals surface area contributed by atoms with Crippen LogP contribution in [0.25, 0.3) is 11.0 Å². The largest absolute Gasteiger partial charge is 0.507 e. The summed E-state index contributed by atoms with van der Waals surface area (Å²) in [6.45, 7) is 5.41. The molecule has 5 nitrogen and oxygen atoms in total. The van der Waals surface area contributed by atoms with Crippen LogP contribution in [0.15, 0.2) is 51.7 Å². The van der Waals surface area contributed by atoms with Crippen LogP contribution in [0.2, 0.25) is 0 Å². The maximum atomic E-state index is 12.4. The molecule has 2 aromatic carbocycles. The van der Waals surface area contributed by atoms with Gasteiger partial charge in [-0.1, -0.05) is 30.3 Å². The molecule has 1 atom stereocenters. The molecule has 1 unspecified atom stereocenters. The van der Waals surface area contributed by atoms with Gasteiger partial charge in [-0.25, -0.2) is 4.79 Å². The minimum Gasteiger partial charge on any atom is -0.507 e. The summed E-state index contributed by atoms with van der Waals surface area (Å²) in [6, 6.07) is 12.7. The number of carbonyl (C=O) groups is 1. The second kappa shape index (κ2) is 7.04. The number of hydrogen-bond acceptors (Lipinski definition) is 4. The number of nitrogens with one attached hydrogen (secondary N) is 1. The van der Waals surface area contributed by atoms with E-state index >= 15 is 0 Å². The van der Waals surface area contributed by atoms with Crippen molar-refractivity contribution in [2.24, 2.45) is 0 Å². The summed E-state index contributed by atoms with van der Waals surface area (Å²) in [5, 5.41) is 13.6. The van der Waals surface area contributed by atoms with Gasteiger partial charge in [0, 0.05) is 0 Å². The molecule has 0 saturated heterocycles. The number of aromatic hydroxyl groups is 1. The number of phenolic OH excluding ortho intramolecular Hbond substituents is 1. The Kier molecular flexibility index (Phi) is 4.80. The summed E-state index contributed by atoms with van der Waals surface area (Å²) in [7, 11) is 0. The van der Waals surface area contributed by atoms with Crippen molar-refractivity contribution < 1.29 is 14.3 Å². The van der Waals surface area contributed by atoms with Crippen LogP contribution in [0.5, 0.6) is 5.75 Å². The normalized spacial score (nSPS) is 12.1. The van der Waals surface area contributed by atoms with Crippen molar-refractivity contribution in [3.8, 4) is 5.75 Å². The fourth-order valence-electron chi connectivity index (χ4n) is 3.14. The van der Waals surface area contributed by atoms with Crippen LogP contribution in [0, 0.1) is 13.8 Å². The van der Waals surface area contributed by atoms with Gasteiger partial charge < -0.3 is 14.8 Å². The molecule has 1 amide bonds. The summed E-state index contributed by atoms with van der Waals surface area (Å²) in [5.41, 5.74) is 2.37. The van der Waals surface area contributed by atoms with Crippen molar-refractivity contribution in [2.75, 3.05) is 0 Å². The van der Waals surface area contributed by atoms with E-state index in [1.807, 2.05) is 37.3 Å². The predicted octanol–water partition coefficient (Wildman–Crippen LogP) is 3.54. The quantitative estimate of drug-likeness (QED) is 0.705. The van der Waals surface area contributed by atoms with Gasteiger partial charge in [-0.2, -0.15) is 0 Å². The molecule has 1 aromatic heterocycles. The zero-order valence-electron chi connectivity index (χ0n) is 15.0. The molecule has 0 spiro atoms. The number of aryl methyl sites for hydroxylation is 2. The molecule has 5 heteroatoms. The van der Waals surface area contributed by atoms with Gasteiger partial charge in [-0.15, -0.1) is 0 Å². The third kappa shape index (κ3) is 3.47. The number of fused-ring (bicyclic) bond motifs is 1. The monoisotopic (exact) mass is 351 g/mol. The van der Waals surface area contributed by atoms with Crippen molar-refractivity contribution in [1.29, 1.82) is 0 Å². The van der Waals surface area contributed by atoms with Crippen molar-refractivity contribution in [2.45, 2.75) is 33.2 Å². The second-order valence-corrected chi connectivity index (χ2v) is 6.53. The van der Waals surface area contributed by atoms with Crippen LogP contribution in [0.1, 0.15) is 35.2 Å². The predicted molar refractivity (Wildman–Crippen MR) is 100 cm³/mol. The van der Waals surface area contributed by atoms with E-state index in [4.69, 9.17) is 4.42 Å². The lowest BCUT2D eigenvalue weighted by molar-refractivity contribution is -0.121. The highest BCUT2D eigenvalue weighted by Gasteiger charge is 2.18. The first-order chi connectivity index (χ1) is 12.4. The van der Waals surface area contributed by atoms with E-state index in [0.29, 0.717) is 16.5 Å². The second-order valence-electron chi connectivity index (χ2n) is 6.53. The van der Waals surface area contributed by atoms with Crippen LogP contribution in [0.4, 0.5) is 0 Å². The summed E-state index contributed by atoms with van der Waals surface area (Å²) < 4.78 is 5.33. The van der Waals surface area contributed by atoms with Gasteiger partial charge in [0.05, 0.1) is 23.4 Å². The average molecular weight is 351 g/mol. The lowest BCUT2D eigenvalue weighted by Crippen LogP contribution is -2.30. The fraction of sp³-hybridized carbons (Fsp3) is 0.238. The molecule has 2 N–H and O–H groups in total. The Hall–Kier alpha value is -3.08. The highest BCUT2D eigenvalue weighted by Crippen LogP contribution is 2.30. The van der Waals surface area contributed by atoms with Crippen LogP contribution in [-0.4, -0.2) is 11.0 Å². The first kappa shape index (κ1) is 17.7. The third-order valence-electron chi connectivity index (χ3n) is 4.52. The van der Waals surface area contributed by atoms with Crippen molar-refractivity contribution >= 4 is 16.9 Å². The van der Waals surface area contributed by atoms with E-state index in [0.717, 1.165) is 11.1 Å². The molecule has 1 heterocycles.